The Hall–Kier alpha value is -3.27. The van der Waals surface area contributed by atoms with Crippen LogP contribution in [0.15, 0.2) is 24.3 Å². The number of nitrogens with one attached hydrogen (secondary N) is 1. The van der Waals surface area contributed by atoms with Crippen LogP contribution in [0.1, 0.15) is 52.6 Å². The van der Waals surface area contributed by atoms with Gasteiger partial charge in [-0.1, -0.05) is 18.6 Å². The second-order valence-corrected chi connectivity index (χ2v) is 7.50. The van der Waals surface area contributed by atoms with E-state index in [2.05, 4.69) is 15.1 Å². The van der Waals surface area contributed by atoms with Crippen LogP contribution in [0.5, 0.6) is 0 Å². The molecule has 4 rings (SSSR count). The fourth-order valence-electron chi connectivity index (χ4n) is 4.19. The SMILES string of the molecule is O=C(O)c1n[nH]c2c1CCN(C(=O)C(c1ccc(F)cc1)N1CCCCC1)C2.O=CO. The highest BCUT2D eigenvalue weighted by Crippen LogP contribution is 2.29. The molecule has 3 heterocycles. The third-order valence-electron chi connectivity index (χ3n) is 5.62. The van der Waals surface area contributed by atoms with E-state index in [0.717, 1.165) is 37.9 Å². The summed E-state index contributed by atoms with van der Waals surface area (Å²) in [5.41, 5.74) is 2.17. The summed E-state index contributed by atoms with van der Waals surface area (Å²) in [5, 5.41) is 22.8. The Morgan fingerprint density at radius 1 is 1.13 bits per heavy atom. The smallest absolute Gasteiger partial charge is 0.356 e. The van der Waals surface area contributed by atoms with Crippen molar-refractivity contribution < 1.29 is 29.0 Å². The van der Waals surface area contributed by atoms with Crippen LogP contribution in [0.25, 0.3) is 0 Å². The van der Waals surface area contributed by atoms with Gasteiger partial charge in [0.1, 0.15) is 11.9 Å². The first-order valence-corrected chi connectivity index (χ1v) is 10.1. The van der Waals surface area contributed by atoms with Crippen molar-refractivity contribution in [2.75, 3.05) is 19.6 Å². The number of carboxylic acids is 1. The van der Waals surface area contributed by atoms with Gasteiger partial charge in [-0.15, -0.1) is 0 Å². The molecule has 1 amide bonds. The summed E-state index contributed by atoms with van der Waals surface area (Å²) < 4.78 is 13.4. The predicted molar refractivity (Wildman–Crippen MR) is 108 cm³/mol. The van der Waals surface area contributed by atoms with E-state index in [1.807, 2.05) is 0 Å². The molecule has 0 aliphatic carbocycles. The van der Waals surface area contributed by atoms with Crippen molar-refractivity contribution in [1.82, 2.24) is 20.0 Å². The number of hydrogen-bond acceptors (Lipinski definition) is 5. The fraction of sp³-hybridized carbons (Fsp3) is 0.429. The number of rotatable bonds is 4. The maximum atomic E-state index is 13.5. The zero-order valence-electron chi connectivity index (χ0n) is 17.0. The minimum absolute atomic E-state index is 0.0354. The van der Waals surface area contributed by atoms with Crippen molar-refractivity contribution in [1.29, 1.82) is 0 Å². The lowest BCUT2D eigenvalue weighted by Crippen LogP contribution is -2.46. The molecule has 1 fully saturated rings. The number of likely N-dealkylation sites (tertiary alicyclic amines) is 1. The molecule has 1 unspecified atom stereocenters. The van der Waals surface area contributed by atoms with E-state index in [-0.39, 0.29) is 23.9 Å². The summed E-state index contributed by atoms with van der Waals surface area (Å²) in [6, 6.07) is 5.69. The molecule has 2 aliphatic heterocycles. The van der Waals surface area contributed by atoms with E-state index in [1.54, 1.807) is 17.0 Å². The minimum Gasteiger partial charge on any atom is -0.483 e. The molecule has 0 radical (unpaired) electrons. The highest BCUT2D eigenvalue weighted by Gasteiger charge is 2.35. The molecule has 1 saturated heterocycles. The highest BCUT2D eigenvalue weighted by molar-refractivity contribution is 5.88. The molecule has 0 spiro atoms. The highest BCUT2D eigenvalue weighted by atomic mass is 19.1. The Balaban J connectivity index is 0.000000858. The number of H-pyrrole nitrogens is 1. The number of halogens is 1. The van der Waals surface area contributed by atoms with Gasteiger partial charge in [0.05, 0.1) is 12.2 Å². The molecule has 0 saturated carbocycles. The second-order valence-electron chi connectivity index (χ2n) is 7.50. The Bertz CT molecular complexity index is 924. The lowest BCUT2D eigenvalue weighted by atomic mass is 9.98. The average Bonchev–Trinajstić information content (AvgIpc) is 3.20. The predicted octanol–water partition coefficient (Wildman–Crippen LogP) is 2.06. The summed E-state index contributed by atoms with van der Waals surface area (Å²) in [5.74, 6) is -1.42. The number of nitrogens with zero attached hydrogens (tertiary/aromatic N) is 3. The molecule has 9 nitrogen and oxygen atoms in total. The quantitative estimate of drug-likeness (QED) is 0.631. The van der Waals surface area contributed by atoms with E-state index < -0.39 is 12.0 Å². The van der Waals surface area contributed by atoms with Gasteiger partial charge in [0, 0.05) is 12.1 Å². The van der Waals surface area contributed by atoms with E-state index in [0.29, 0.717) is 30.8 Å². The molecule has 3 N–H and O–H groups in total. The lowest BCUT2D eigenvalue weighted by Gasteiger charge is -2.38. The van der Waals surface area contributed by atoms with Gasteiger partial charge in [-0.25, -0.2) is 9.18 Å². The molecule has 1 aromatic heterocycles. The van der Waals surface area contributed by atoms with Crippen molar-refractivity contribution >= 4 is 18.3 Å². The van der Waals surface area contributed by atoms with Gasteiger partial charge in [-0.3, -0.25) is 19.6 Å². The van der Waals surface area contributed by atoms with Crippen molar-refractivity contribution in [3.8, 4) is 0 Å². The molecule has 1 aromatic carbocycles. The Labute approximate surface area is 178 Å². The number of carbonyl (C=O) groups excluding carboxylic acids is 1. The molecule has 166 valence electrons. The maximum absolute atomic E-state index is 13.5. The third-order valence-corrected chi connectivity index (χ3v) is 5.62. The molecular formula is C21H25FN4O5. The van der Waals surface area contributed by atoms with Crippen LogP contribution in [0.4, 0.5) is 4.39 Å². The topological polar surface area (TPSA) is 127 Å². The van der Waals surface area contributed by atoms with Crippen LogP contribution in [0.2, 0.25) is 0 Å². The van der Waals surface area contributed by atoms with Crippen LogP contribution in [0.3, 0.4) is 0 Å². The average molecular weight is 432 g/mol. The second kappa shape index (κ2) is 10.2. The van der Waals surface area contributed by atoms with E-state index in [1.165, 1.54) is 12.1 Å². The van der Waals surface area contributed by atoms with Gasteiger partial charge in [-0.2, -0.15) is 5.10 Å². The molecule has 2 aliphatic rings. The monoisotopic (exact) mass is 432 g/mol. The number of hydrogen-bond donors (Lipinski definition) is 3. The molecule has 10 heteroatoms. The summed E-state index contributed by atoms with van der Waals surface area (Å²) in [6.45, 7) is 2.16. The molecular weight excluding hydrogens is 407 g/mol. The fourth-order valence-corrected chi connectivity index (χ4v) is 4.19. The largest absolute Gasteiger partial charge is 0.483 e. The van der Waals surface area contributed by atoms with Crippen LogP contribution in [-0.4, -0.2) is 68.2 Å². The normalized spacial score (nSPS) is 17.1. The van der Waals surface area contributed by atoms with Gasteiger partial charge in [0.2, 0.25) is 5.91 Å². The number of carbonyl (C=O) groups is 3. The van der Waals surface area contributed by atoms with Gasteiger partial charge in [0.15, 0.2) is 5.69 Å². The molecule has 31 heavy (non-hydrogen) atoms. The van der Waals surface area contributed by atoms with Gasteiger partial charge < -0.3 is 15.1 Å². The number of fused-ring (bicyclic) bond motifs is 1. The van der Waals surface area contributed by atoms with Gasteiger partial charge in [0.25, 0.3) is 6.47 Å². The standard InChI is InChI=1S/C20H23FN4O3.CH2O2/c21-14-6-4-13(5-7-14)18(24-9-2-1-3-10-24)19(26)25-11-8-15-16(12-25)22-23-17(15)20(27)28;2-1-3/h4-7,18H,1-3,8-12H2,(H,22,23)(H,27,28);1H,(H,2,3). The third kappa shape index (κ3) is 5.08. The van der Waals surface area contributed by atoms with E-state index in [9.17, 15) is 19.1 Å². The number of aromatic amines is 1. The Kier molecular flexibility index (Phi) is 7.35. The van der Waals surface area contributed by atoms with Crippen LogP contribution in [-0.2, 0) is 22.6 Å². The van der Waals surface area contributed by atoms with Gasteiger partial charge >= 0.3 is 5.97 Å². The summed E-state index contributed by atoms with van der Waals surface area (Å²) in [4.78, 5) is 37.0. The number of aromatic nitrogens is 2. The van der Waals surface area contributed by atoms with E-state index in [4.69, 9.17) is 9.90 Å². The number of carboxylic acid groups (broad SMARTS) is 2. The number of benzene rings is 1. The number of piperidine rings is 1. The Morgan fingerprint density at radius 3 is 2.39 bits per heavy atom. The van der Waals surface area contributed by atoms with Crippen molar-refractivity contribution in [2.45, 2.75) is 38.3 Å². The van der Waals surface area contributed by atoms with Gasteiger partial charge in [-0.05, 0) is 50.0 Å². The first-order valence-electron chi connectivity index (χ1n) is 10.1. The minimum atomic E-state index is -1.06. The van der Waals surface area contributed by atoms with Crippen molar-refractivity contribution in [3.05, 3.63) is 52.6 Å². The van der Waals surface area contributed by atoms with E-state index >= 15 is 0 Å². The molecule has 1 atom stereocenters. The molecule has 2 aromatic rings. The Morgan fingerprint density at radius 2 is 1.77 bits per heavy atom. The van der Waals surface area contributed by atoms with Crippen LogP contribution in [0, 0.1) is 5.82 Å². The maximum Gasteiger partial charge on any atom is 0.356 e. The number of amides is 1. The molecule has 0 bridgehead atoms. The first-order chi connectivity index (χ1) is 15.0. The van der Waals surface area contributed by atoms with Crippen molar-refractivity contribution in [3.63, 3.8) is 0 Å². The van der Waals surface area contributed by atoms with Crippen LogP contribution >= 0.6 is 0 Å². The zero-order chi connectivity index (χ0) is 22.4. The number of aromatic carboxylic acids is 1. The summed E-state index contributed by atoms with van der Waals surface area (Å²) >= 11 is 0. The summed E-state index contributed by atoms with van der Waals surface area (Å²) in [6.07, 6.45) is 3.69. The van der Waals surface area contributed by atoms with Crippen molar-refractivity contribution in [2.24, 2.45) is 0 Å². The van der Waals surface area contributed by atoms with Crippen LogP contribution < -0.4 is 0 Å². The summed E-state index contributed by atoms with van der Waals surface area (Å²) in [7, 11) is 0. The zero-order valence-corrected chi connectivity index (χ0v) is 17.0. The first kappa shape index (κ1) is 22.4. The lowest BCUT2D eigenvalue weighted by molar-refractivity contribution is -0.138.